The molecule has 1 aliphatic rings. The second-order valence-corrected chi connectivity index (χ2v) is 7.14. The van der Waals surface area contributed by atoms with Gasteiger partial charge in [-0.25, -0.2) is 14.8 Å². The molecule has 2 N–H and O–H groups in total. The molecule has 0 aromatic carbocycles. The molecule has 1 atom stereocenters. The van der Waals surface area contributed by atoms with E-state index < -0.39 is 0 Å². The summed E-state index contributed by atoms with van der Waals surface area (Å²) >= 11 is 3.17. The van der Waals surface area contributed by atoms with Gasteiger partial charge in [0.1, 0.15) is 5.01 Å². The Kier molecular flexibility index (Phi) is 3.55. The minimum Gasteiger partial charge on any atom is -0.332 e. The molecule has 6 nitrogen and oxygen atoms in total. The summed E-state index contributed by atoms with van der Waals surface area (Å²) in [6.45, 7) is 0.426. The van der Waals surface area contributed by atoms with Crippen molar-refractivity contribution in [3.8, 4) is 0 Å². The van der Waals surface area contributed by atoms with Crippen molar-refractivity contribution < 1.29 is 4.79 Å². The highest BCUT2D eigenvalue weighted by atomic mass is 32.1. The minimum atomic E-state index is -0.163. The second-order valence-electron chi connectivity index (χ2n) is 5.34. The van der Waals surface area contributed by atoms with Crippen LogP contribution in [-0.2, 0) is 6.54 Å². The Bertz CT molecular complexity index is 746. The van der Waals surface area contributed by atoms with Crippen LogP contribution in [0, 0.1) is 5.92 Å². The SMILES string of the molecule is O=C(NCc1cn2ccsc2n1)N[C@H](c1nccs1)C1CC1. The molecule has 22 heavy (non-hydrogen) atoms. The van der Waals surface area contributed by atoms with Gasteiger partial charge in [0.05, 0.1) is 18.3 Å². The van der Waals surface area contributed by atoms with Crippen LogP contribution in [-0.4, -0.2) is 20.4 Å². The number of amides is 2. The van der Waals surface area contributed by atoms with Crippen molar-refractivity contribution in [1.29, 1.82) is 0 Å². The summed E-state index contributed by atoms with van der Waals surface area (Å²) in [5.74, 6) is 0.523. The predicted octanol–water partition coefficient (Wildman–Crippen LogP) is 2.80. The molecule has 2 amide bonds. The highest BCUT2D eigenvalue weighted by molar-refractivity contribution is 7.15. The molecule has 0 saturated heterocycles. The van der Waals surface area contributed by atoms with Crippen LogP contribution in [0.1, 0.15) is 29.6 Å². The van der Waals surface area contributed by atoms with E-state index in [2.05, 4.69) is 20.6 Å². The van der Waals surface area contributed by atoms with Gasteiger partial charge in [0.2, 0.25) is 0 Å². The van der Waals surface area contributed by atoms with Gasteiger partial charge in [0, 0.05) is 29.4 Å². The van der Waals surface area contributed by atoms with Crippen molar-refractivity contribution in [2.24, 2.45) is 5.92 Å². The Morgan fingerprint density at radius 3 is 3.05 bits per heavy atom. The summed E-state index contributed by atoms with van der Waals surface area (Å²) in [4.78, 5) is 21.9. The summed E-state index contributed by atoms with van der Waals surface area (Å²) in [5.41, 5.74) is 0.860. The highest BCUT2D eigenvalue weighted by Crippen LogP contribution is 2.41. The van der Waals surface area contributed by atoms with Crippen molar-refractivity contribution >= 4 is 33.7 Å². The molecule has 0 spiro atoms. The van der Waals surface area contributed by atoms with Crippen LogP contribution in [0.4, 0.5) is 4.79 Å². The summed E-state index contributed by atoms with van der Waals surface area (Å²) in [6, 6.07) is -0.131. The number of fused-ring (bicyclic) bond motifs is 1. The molecule has 114 valence electrons. The average molecular weight is 333 g/mol. The average Bonchev–Trinajstić information content (AvgIpc) is 2.90. The summed E-state index contributed by atoms with van der Waals surface area (Å²) < 4.78 is 1.96. The maximum Gasteiger partial charge on any atom is 0.315 e. The molecule has 1 aliphatic carbocycles. The van der Waals surface area contributed by atoms with Crippen molar-refractivity contribution in [2.45, 2.75) is 25.4 Å². The van der Waals surface area contributed by atoms with E-state index >= 15 is 0 Å². The fourth-order valence-electron chi connectivity index (χ4n) is 2.42. The third-order valence-corrected chi connectivity index (χ3v) is 5.30. The Morgan fingerprint density at radius 2 is 2.32 bits per heavy atom. The third kappa shape index (κ3) is 2.84. The van der Waals surface area contributed by atoms with E-state index in [1.807, 2.05) is 27.6 Å². The lowest BCUT2D eigenvalue weighted by Gasteiger charge is -2.16. The van der Waals surface area contributed by atoms with E-state index in [-0.39, 0.29) is 12.1 Å². The first kappa shape index (κ1) is 13.7. The zero-order valence-corrected chi connectivity index (χ0v) is 13.4. The molecular weight excluding hydrogens is 318 g/mol. The summed E-state index contributed by atoms with van der Waals surface area (Å²) in [7, 11) is 0. The van der Waals surface area contributed by atoms with Gasteiger partial charge >= 0.3 is 6.03 Å². The van der Waals surface area contributed by atoms with Gasteiger partial charge in [0.15, 0.2) is 4.96 Å². The molecule has 1 fully saturated rings. The van der Waals surface area contributed by atoms with Gasteiger partial charge in [0.25, 0.3) is 0 Å². The smallest absolute Gasteiger partial charge is 0.315 e. The van der Waals surface area contributed by atoms with Gasteiger partial charge in [-0.2, -0.15) is 0 Å². The normalized spacial score (nSPS) is 15.8. The highest BCUT2D eigenvalue weighted by Gasteiger charge is 2.34. The first-order chi connectivity index (χ1) is 10.8. The summed E-state index contributed by atoms with van der Waals surface area (Å²) in [6.07, 6.45) is 7.99. The van der Waals surface area contributed by atoms with Crippen molar-refractivity contribution in [3.63, 3.8) is 0 Å². The molecule has 1 saturated carbocycles. The number of thiazole rings is 2. The van der Waals surface area contributed by atoms with E-state index in [4.69, 9.17) is 0 Å². The molecular formula is C14H15N5OS2. The number of imidazole rings is 1. The van der Waals surface area contributed by atoms with E-state index in [0.29, 0.717) is 12.5 Å². The molecule has 3 aromatic rings. The largest absolute Gasteiger partial charge is 0.332 e. The van der Waals surface area contributed by atoms with E-state index in [1.165, 1.54) is 0 Å². The van der Waals surface area contributed by atoms with Crippen LogP contribution in [0.15, 0.2) is 29.4 Å². The van der Waals surface area contributed by atoms with Crippen molar-refractivity contribution in [3.05, 3.63) is 40.1 Å². The number of nitrogens with one attached hydrogen (secondary N) is 2. The standard InChI is InChI=1S/C14H15N5OS2/c20-13(16-7-10-8-19-4-6-22-14(19)17-10)18-11(9-1-2-9)12-15-3-5-21-12/h3-6,8-9,11H,1-2,7H2,(H2,16,18,20)/t11-/m0/s1. The lowest BCUT2D eigenvalue weighted by molar-refractivity contribution is 0.235. The van der Waals surface area contributed by atoms with E-state index in [0.717, 1.165) is 28.5 Å². The van der Waals surface area contributed by atoms with E-state index in [1.54, 1.807) is 28.9 Å². The molecule has 0 radical (unpaired) electrons. The third-order valence-electron chi connectivity index (χ3n) is 3.67. The molecule has 0 unspecified atom stereocenters. The Balaban J connectivity index is 1.36. The number of carbonyl (C=O) groups is 1. The molecule has 3 heterocycles. The first-order valence-corrected chi connectivity index (χ1v) is 8.90. The Labute approximate surface area is 135 Å². The van der Waals surface area contributed by atoms with Crippen LogP contribution < -0.4 is 10.6 Å². The zero-order chi connectivity index (χ0) is 14.9. The lowest BCUT2D eigenvalue weighted by Crippen LogP contribution is -2.38. The Morgan fingerprint density at radius 1 is 1.41 bits per heavy atom. The van der Waals surface area contributed by atoms with Crippen LogP contribution >= 0.6 is 22.7 Å². The van der Waals surface area contributed by atoms with E-state index in [9.17, 15) is 4.79 Å². The van der Waals surface area contributed by atoms with Crippen molar-refractivity contribution in [2.75, 3.05) is 0 Å². The molecule has 8 heteroatoms. The van der Waals surface area contributed by atoms with Crippen LogP contribution in [0.2, 0.25) is 0 Å². The fraction of sp³-hybridized carbons (Fsp3) is 0.357. The second kappa shape index (κ2) is 5.69. The number of urea groups is 1. The molecule has 0 aliphatic heterocycles. The number of aromatic nitrogens is 3. The van der Waals surface area contributed by atoms with Gasteiger partial charge in [-0.15, -0.1) is 22.7 Å². The fourth-order valence-corrected chi connectivity index (χ4v) is 3.92. The predicted molar refractivity (Wildman–Crippen MR) is 86.0 cm³/mol. The van der Waals surface area contributed by atoms with Gasteiger partial charge < -0.3 is 10.6 Å². The van der Waals surface area contributed by atoms with Gasteiger partial charge in [-0.1, -0.05) is 0 Å². The monoisotopic (exact) mass is 333 g/mol. The van der Waals surface area contributed by atoms with Crippen molar-refractivity contribution in [1.82, 2.24) is 25.0 Å². The van der Waals surface area contributed by atoms with Crippen LogP contribution in [0.3, 0.4) is 0 Å². The van der Waals surface area contributed by atoms with Gasteiger partial charge in [-0.3, -0.25) is 4.40 Å². The number of nitrogens with zero attached hydrogens (tertiary/aromatic N) is 3. The molecule has 3 aromatic heterocycles. The zero-order valence-electron chi connectivity index (χ0n) is 11.7. The van der Waals surface area contributed by atoms with Crippen LogP contribution in [0.25, 0.3) is 4.96 Å². The number of hydrogen-bond donors (Lipinski definition) is 2. The Hall–Kier alpha value is -1.93. The molecule has 4 rings (SSSR count). The van der Waals surface area contributed by atoms with Crippen LogP contribution in [0.5, 0.6) is 0 Å². The lowest BCUT2D eigenvalue weighted by atomic mass is 10.2. The minimum absolute atomic E-state index is 0.0329. The maximum absolute atomic E-state index is 12.1. The topological polar surface area (TPSA) is 71.3 Å². The molecule has 0 bridgehead atoms. The number of hydrogen-bond acceptors (Lipinski definition) is 5. The van der Waals surface area contributed by atoms with Gasteiger partial charge in [-0.05, 0) is 18.8 Å². The maximum atomic E-state index is 12.1. The number of carbonyl (C=O) groups excluding carboxylic acids is 1. The quantitative estimate of drug-likeness (QED) is 0.754. The first-order valence-electron chi connectivity index (χ1n) is 7.14. The summed E-state index contributed by atoms with van der Waals surface area (Å²) in [5, 5.41) is 10.8. The number of rotatable bonds is 5.